The fourth-order valence-corrected chi connectivity index (χ4v) is 2.93. The van der Waals surface area contributed by atoms with E-state index in [9.17, 15) is 0 Å². The summed E-state index contributed by atoms with van der Waals surface area (Å²) in [6.45, 7) is 3.04. The summed E-state index contributed by atoms with van der Waals surface area (Å²) in [6, 6.07) is 1.97. The quantitative estimate of drug-likeness (QED) is 0.652. The van der Waals surface area contributed by atoms with Crippen LogP contribution in [0.4, 0.5) is 5.82 Å². The first-order chi connectivity index (χ1) is 10.3. The molecule has 0 aromatic carbocycles. The van der Waals surface area contributed by atoms with Gasteiger partial charge in [-0.25, -0.2) is 15.8 Å². The normalized spacial score (nSPS) is 15.5. The van der Waals surface area contributed by atoms with Crippen molar-refractivity contribution in [2.24, 2.45) is 5.84 Å². The van der Waals surface area contributed by atoms with Crippen molar-refractivity contribution in [1.29, 1.82) is 0 Å². The summed E-state index contributed by atoms with van der Waals surface area (Å²) in [5, 5.41) is 4.35. The highest BCUT2D eigenvalue weighted by atomic mass is 15.3. The van der Waals surface area contributed by atoms with Crippen molar-refractivity contribution in [1.82, 2.24) is 19.7 Å². The molecule has 2 aromatic heterocycles. The maximum Gasteiger partial charge on any atom is 0.165 e. The van der Waals surface area contributed by atoms with Crippen LogP contribution in [0.2, 0.25) is 0 Å². The lowest BCUT2D eigenvalue weighted by atomic mass is 10.0. The number of anilines is 1. The lowest BCUT2D eigenvalue weighted by molar-refractivity contribution is 0.603. The molecule has 0 radical (unpaired) electrons. The Labute approximate surface area is 124 Å². The molecular weight excluding hydrogens is 264 g/mol. The third kappa shape index (κ3) is 3.05. The van der Waals surface area contributed by atoms with Gasteiger partial charge in [0.1, 0.15) is 5.82 Å². The molecule has 3 rings (SSSR count). The van der Waals surface area contributed by atoms with E-state index in [0.717, 1.165) is 24.2 Å². The number of nitrogens with one attached hydrogen (secondary N) is 1. The van der Waals surface area contributed by atoms with E-state index >= 15 is 0 Å². The van der Waals surface area contributed by atoms with Gasteiger partial charge >= 0.3 is 0 Å². The van der Waals surface area contributed by atoms with Crippen molar-refractivity contribution in [3.8, 4) is 11.4 Å². The number of nitrogens with two attached hydrogens (primary N) is 1. The SMILES string of the molecule is CCCn1cc(-c2nc(NN)cc(C3CCCC3)n2)cn1. The van der Waals surface area contributed by atoms with Gasteiger partial charge in [-0.2, -0.15) is 5.10 Å². The zero-order valence-corrected chi connectivity index (χ0v) is 12.4. The maximum atomic E-state index is 5.56. The Bertz CT molecular complexity index is 600. The molecule has 3 N–H and O–H groups in total. The molecule has 112 valence electrons. The van der Waals surface area contributed by atoms with Crippen LogP contribution in [0, 0.1) is 0 Å². The fourth-order valence-electron chi connectivity index (χ4n) is 2.93. The molecule has 21 heavy (non-hydrogen) atoms. The number of hydrogen-bond acceptors (Lipinski definition) is 5. The minimum absolute atomic E-state index is 0.532. The molecule has 2 heterocycles. The van der Waals surface area contributed by atoms with Crippen LogP contribution in [0.5, 0.6) is 0 Å². The summed E-state index contributed by atoms with van der Waals surface area (Å²) in [5.74, 6) is 7.46. The van der Waals surface area contributed by atoms with Crippen molar-refractivity contribution < 1.29 is 0 Å². The standard InChI is InChI=1S/C15H22N6/c1-2-7-21-10-12(9-17-21)15-18-13(8-14(19-15)20-16)11-5-3-4-6-11/h8-11H,2-7,16H2,1H3,(H,18,19,20). The molecule has 1 saturated carbocycles. The molecule has 6 nitrogen and oxygen atoms in total. The van der Waals surface area contributed by atoms with E-state index in [1.807, 2.05) is 23.1 Å². The zero-order chi connectivity index (χ0) is 14.7. The smallest absolute Gasteiger partial charge is 0.165 e. The Morgan fingerprint density at radius 1 is 1.33 bits per heavy atom. The van der Waals surface area contributed by atoms with Gasteiger partial charge in [0.05, 0.1) is 11.8 Å². The Morgan fingerprint density at radius 2 is 2.14 bits per heavy atom. The van der Waals surface area contributed by atoms with Crippen molar-refractivity contribution in [2.75, 3.05) is 5.43 Å². The Balaban J connectivity index is 1.94. The first-order valence-corrected chi connectivity index (χ1v) is 7.68. The predicted molar refractivity (Wildman–Crippen MR) is 82.6 cm³/mol. The number of nitrogens with zero attached hydrogens (tertiary/aromatic N) is 4. The van der Waals surface area contributed by atoms with Gasteiger partial charge in [-0.15, -0.1) is 0 Å². The second kappa shape index (κ2) is 6.22. The average molecular weight is 286 g/mol. The number of rotatable bonds is 5. The monoisotopic (exact) mass is 286 g/mol. The molecule has 0 bridgehead atoms. The molecule has 0 aliphatic heterocycles. The molecule has 2 aromatic rings. The summed E-state index contributed by atoms with van der Waals surface area (Å²) in [6.07, 6.45) is 9.85. The highest BCUT2D eigenvalue weighted by molar-refractivity contribution is 5.55. The molecular formula is C15H22N6. The van der Waals surface area contributed by atoms with E-state index in [-0.39, 0.29) is 0 Å². The summed E-state index contributed by atoms with van der Waals surface area (Å²) >= 11 is 0. The van der Waals surface area contributed by atoms with Gasteiger partial charge in [0.15, 0.2) is 5.82 Å². The number of hydrogen-bond donors (Lipinski definition) is 2. The van der Waals surface area contributed by atoms with Crippen molar-refractivity contribution >= 4 is 5.82 Å². The van der Waals surface area contributed by atoms with Crippen LogP contribution in [-0.4, -0.2) is 19.7 Å². The van der Waals surface area contributed by atoms with Gasteiger partial charge in [-0.3, -0.25) is 4.68 Å². The van der Waals surface area contributed by atoms with E-state index < -0.39 is 0 Å². The highest BCUT2D eigenvalue weighted by Gasteiger charge is 2.20. The molecule has 0 saturated heterocycles. The minimum atomic E-state index is 0.532. The Hall–Kier alpha value is -1.95. The molecule has 0 spiro atoms. The number of hydrazine groups is 1. The Morgan fingerprint density at radius 3 is 2.86 bits per heavy atom. The third-order valence-corrected chi connectivity index (χ3v) is 4.01. The lowest BCUT2D eigenvalue weighted by Gasteiger charge is -2.11. The molecule has 0 amide bonds. The predicted octanol–water partition coefficient (Wildman–Crippen LogP) is 2.69. The van der Waals surface area contributed by atoms with Crippen LogP contribution in [0.15, 0.2) is 18.5 Å². The van der Waals surface area contributed by atoms with Crippen molar-refractivity contribution in [2.45, 2.75) is 51.5 Å². The van der Waals surface area contributed by atoms with Gasteiger partial charge in [0, 0.05) is 30.4 Å². The first kappa shape index (κ1) is 14.0. The van der Waals surface area contributed by atoms with Crippen molar-refractivity contribution in [3.05, 3.63) is 24.2 Å². The summed E-state index contributed by atoms with van der Waals surface area (Å²) in [7, 11) is 0. The van der Waals surface area contributed by atoms with Gasteiger partial charge < -0.3 is 5.43 Å². The topological polar surface area (TPSA) is 81.7 Å². The largest absolute Gasteiger partial charge is 0.308 e. The maximum absolute atomic E-state index is 5.56. The molecule has 0 atom stereocenters. The lowest BCUT2D eigenvalue weighted by Crippen LogP contribution is -2.11. The molecule has 0 unspecified atom stereocenters. The Kier molecular flexibility index (Phi) is 4.15. The van der Waals surface area contributed by atoms with Gasteiger partial charge in [-0.05, 0) is 19.3 Å². The average Bonchev–Trinajstić information content (AvgIpc) is 3.18. The highest BCUT2D eigenvalue weighted by Crippen LogP contribution is 2.34. The fraction of sp³-hybridized carbons (Fsp3) is 0.533. The van der Waals surface area contributed by atoms with E-state index in [1.165, 1.54) is 25.7 Å². The number of nitrogen functional groups attached to an aromatic ring is 1. The minimum Gasteiger partial charge on any atom is -0.308 e. The second-order valence-corrected chi connectivity index (χ2v) is 5.62. The van der Waals surface area contributed by atoms with Crippen LogP contribution in [0.25, 0.3) is 11.4 Å². The summed E-state index contributed by atoms with van der Waals surface area (Å²) in [5.41, 5.74) is 4.69. The van der Waals surface area contributed by atoms with E-state index in [2.05, 4.69) is 22.4 Å². The van der Waals surface area contributed by atoms with Crippen LogP contribution in [0.1, 0.15) is 50.6 Å². The van der Waals surface area contributed by atoms with Gasteiger partial charge in [0.2, 0.25) is 0 Å². The molecule has 1 aliphatic rings. The van der Waals surface area contributed by atoms with E-state index in [4.69, 9.17) is 10.8 Å². The van der Waals surface area contributed by atoms with Crippen LogP contribution >= 0.6 is 0 Å². The zero-order valence-electron chi connectivity index (χ0n) is 12.4. The molecule has 6 heteroatoms. The molecule has 1 aliphatic carbocycles. The van der Waals surface area contributed by atoms with E-state index in [0.29, 0.717) is 17.6 Å². The third-order valence-electron chi connectivity index (χ3n) is 4.01. The van der Waals surface area contributed by atoms with Gasteiger partial charge in [-0.1, -0.05) is 19.8 Å². The second-order valence-electron chi connectivity index (χ2n) is 5.62. The van der Waals surface area contributed by atoms with E-state index in [1.54, 1.807) is 0 Å². The molecule has 1 fully saturated rings. The first-order valence-electron chi connectivity index (χ1n) is 7.68. The number of aryl methyl sites for hydroxylation is 1. The van der Waals surface area contributed by atoms with Crippen LogP contribution < -0.4 is 11.3 Å². The van der Waals surface area contributed by atoms with Crippen molar-refractivity contribution in [3.63, 3.8) is 0 Å². The van der Waals surface area contributed by atoms with Crippen LogP contribution in [0.3, 0.4) is 0 Å². The summed E-state index contributed by atoms with van der Waals surface area (Å²) < 4.78 is 1.93. The van der Waals surface area contributed by atoms with Gasteiger partial charge in [0.25, 0.3) is 0 Å². The van der Waals surface area contributed by atoms with Crippen LogP contribution in [-0.2, 0) is 6.54 Å². The summed E-state index contributed by atoms with van der Waals surface area (Å²) in [4.78, 5) is 9.21. The number of aromatic nitrogens is 4.